The van der Waals surface area contributed by atoms with E-state index in [1.165, 1.54) is 11.1 Å². The Kier molecular flexibility index (Phi) is 5.21. The van der Waals surface area contributed by atoms with Crippen LogP contribution in [-0.2, 0) is 12.8 Å². The molecule has 3 heteroatoms. The quantitative estimate of drug-likeness (QED) is 0.861. The van der Waals surface area contributed by atoms with E-state index in [2.05, 4.69) is 41.1 Å². The number of benzene rings is 2. The molecule has 0 aliphatic heterocycles. The second kappa shape index (κ2) is 6.91. The summed E-state index contributed by atoms with van der Waals surface area (Å²) in [4.78, 5) is 0. The Bertz CT molecular complexity index is 581. The van der Waals surface area contributed by atoms with Gasteiger partial charge in [0.1, 0.15) is 11.5 Å². The molecular weight excluding hydrogens is 314 g/mol. The van der Waals surface area contributed by atoms with Crippen molar-refractivity contribution in [3.05, 3.63) is 58.1 Å². The Hall–Kier alpha value is -1.32. The van der Waals surface area contributed by atoms with E-state index in [4.69, 9.17) is 10.5 Å². The van der Waals surface area contributed by atoms with Gasteiger partial charge in [0.2, 0.25) is 0 Å². The maximum atomic E-state index is 5.90. The number of nitrogens with two attached hydrogens (primary N) is 1. The smallest absolute Gasteiger partial charge is 0.128 e. The fourth-order valence-corrected chi connectivity index (χ4v) is 2.59. The molecule has 0 saturated carbocycles. The molecule has 0 radical (unpaired) electrons. The van der Waals surface area contributed by atoms with E-state index in [0.717, 1.165) is 28.8 Å². The van der Waals surface area contributed by atoms with Gasteiger partial charge >= 0.3 is 0 Å². The van der Waals surface area contributed by atoms with Crippen LogP contribution in [0.5, 0.6) is 11.5 Å². The maximum absolute atomic E-state index is 5.90. The van der Waals surface area contributed by atoms with Crippen LogP contribution in [-0.4, -0.2) is 6.04 Å². The van der Waals surface area contributed by atoms with Gasteiger partial charge in [0, 0.05) is 10.5 Å². The predicted molar refractivity (Wildman–Crippen MR) is 87.4 cm³/mol. The van der Waals surface area contributed by atoms with Crippen molar-refractivity contribution in [2.45, 2.75) is 32.7 Å². The first-order valence-electron chi connectivity index (χ1n) is 6.89. The van der Waals surface area contributed by atoms with Crippen molar-refractivity contribution in [3.8, 4) is 11.5 Å². The van der Waals surface area contributed by atoms with Gasteiger partial charge in [0.15, 0.2) is 0 Å². The second-order valence-electron chi connectivity index (χ2n) is 5.04. The van der Waals surface area contributed by atoms with Crippen molar-refractivity contribution in [2.75, 3.05) is 0 Å². The monoisotopic (exact) mass is 333 g/mol. The second-order valence-corrected chi connectivity index (χ2v) is 5.89. The standard InChI is InChI=1S/C17H20BrNO/c1-3-13-5-4-6-15(10-13)20-16-8-7-14(9-12(2)19)17(18)11-16/h4-8,10-12H,3,9,19H2,1-2H3. The van der Waals surface area contributed by atoms with Crippen molar-refractivity contribution in [1.29, 1.82) is 0 Å². The van der Waals surface area contributed by atoms with Crippen LogP contribution >= 0.6 is 15.9 Å². The molecule has 2 aromatic rings. The SMILES string of the molecule is CCc1cccc(Oc2ccc(CC(C)N)c(Br)c2)c1. The van der Waals surface area contributed by atoms with Gasteiger partial charge in [-0.1, -0.05) is 41.1 Å². The van der Waals surface area contributed by atoms with Crippen LogP contribution in [0.25, 0.3) is 0 Å². The summed E-state index contributed by atoms with van der Waals surface area (Å²) in [6, 6.07) is 14.4. The van der Waals surface area contributed by atoms with E-state index in [1.807, 2.05) is 31.2 Å². The summed E-state index contributed by atoms with van der Waals surface area (Å²) in [5.74, 6) is 1.70. The summed E-state index contributed by atoms with van der Waals surface area (Å²) in [5.41, 5.74) is 8.31. The van der Waals surface area contributed by atoms with Crippen LogP contribution in [0.1, 0.15) is 25.0 Å². The average molecular weight is 334 g/mol. The van der Waals surface area contributed by atoms with E-state index < -0.39 is 0 Å². The van der Waals surface area contributed by atoms with Gasteiger partial charge in [-0.05, 0) is 55.2 Å². The van der Waals surface area contributed by atoms with E-state index in [1.54, 1.807) is 0 Å². The van der Waals surface area contributed by atoms with E-state index in [0.29, 0.717) is 0 Å². The topological polar surface area (TPSA) is 35.2 Å². The van der Waals surface area contributed by atoms with Crippen LogP contribution in [0.2, 0.25) is 0 Å². The third-order valence-corrected chi connectivity index (χ3v) is 3.85. The van der Waals surface area contributed by atoms with Gasteiger partial charge < -0.3 is 10.5 Å². The zero-order valence-electron chi connectivity index (χ0n) is 11.9. The van der Waals surface area contributed by atoms with E-state index in [-0.39, 0.29) is 6.04 Å². The Labute approximate surface area is 129 Å². The van der Waals surface area contributed by atoms with Crippen LogP contribution in [0.4, 0.5) is 0 Å². The van der Waals surface area contributed by atoms with Gasteiger partial charge in [-0.2, -0.15) is 0 Å². The minimum atomic E-state index is 0.152. The van der Waals surface area contributed by atoms with Gasteiger partial charge in [0.05, 0.1) is 0 Å². The molecule has 0 amide bonds. The minimum Gasteiger partial charge on any atom is -0.457 e. The summed E-state index contributed by atoms with van der Waals surface area (Å²) >= 11 is 3.58. The zero-order chi connectivity index (χ0) is 14.5. The van der Waals surface area contributed by atoms with Gasteiger partial charge in [-0.25, -0.2) is 0 Å². The molecule has 2 aromatic carbocycles. The number of hydrogen-bond acceptors (Lipinski definition) is 2. The van der Waals surface area contributed by atoms with Crippen molar-refractivity contribution < 1.29 is 4.74 Å². The van der Waals surface area contributed by atoms with Gasteiger partial charge in [0.25, 0.3) is 0 Å². The molecule has 0 fully saturated rings. The lowest BCUT2D eigenvalue weighted by Gasteiger charge is -2.11. The fourth-order valence-electron chi connectivity index (χ4n) is 2.07. The molecule has 0 heterocycles. The summed E-state index contributed by atoms with van der Waals surface area (Å²) in [6.45, 7) is 4.14. The predicted octanol–water partition coefficient (Wildman–Crippen LogP) is 4.69. The first kappa shape index (κ1) is 15.1. The van der Waals surface area contributed by atoms with Crippen molar-refractivity contribution in [3.63, 3.8) is 0 Å². The summed E-state index contributed by atoms with van der Waals surface area (Å²) in [7, 11) is 0. The minimum absolute atomic E-state index is 0.152. The Balaban J connectivity index is 2.15. The van der Waals surface area contributed by atoms with Crippen molar-refractivity contribution in [1.82, 2.24) is 0 Å². The molecule has 0 aliphatic carbocycles. The van der Waals surface area contributed by atoms with Crippen molar-refractivity contribution in [2.24, 2.45) is 5.73 Å². The lowest BCUT2D eigenvalue weighted by molar-refractivity contribution is 0.481. The molecule has 2 rings (SSSR count). The summed E-state index contributed by atoms with van der Waals surface area (Å²) < 4.78 is 6.94. The molecule has 0 spiro atoms. The van der Waals surface area contributed by atoms with Crippen LogP contribution < -0.4 is 10.5 Å². The summed E-state index contributed by atoms with van der Waals surface area (Å²) in [6.07, 6.45) is 1.86. The van der Waals surface area contributed by atoms with Gasteiger partial charge in [-0.3, -0.25) is 0 Å². The maximum Gasteiger partial charge on any atom is 0.128 e. The van der Waals surface area contributed by atoms with E-state index >= 15 is 0 Å². The lowest BCUT2D eigenvalue weighted by atomic mass is 10.1. The zero-order valence-corrected chi connectivity index (χ0v) is 13.5. The molecule has 0 aliphatic rings. The average Bonchev–Trinajstić information content (AvgIpc) is 2.42. The fraction of sp³-hybridized carbons (Fsp3) is 0.294. The van der Waals surface area contributed by atoms with Crippen molar-refractivity contribution >= 4 is 15.9 Å². The third-order valence-electron chi connectivity index (χ3n) is 3.11. The molecule has 2 nitrogen and oxygen atoms in total. The number of rotatable bonds is 5. The first-order valence-corrected chi connectivity index (χ1v) is 7.68. The van der Waals surface area contributed by atoms with Gasteiger partial charge in [-0.15, -0.1) is 0 Å². The van der Waals surface area contributed by atoms with Crippen LogP contribution in [0, 0.1) is 0 Å². The number of halogens is 1. The highest BCUT2D eigenvalue weighted by molar-refractivity contribution is 9.10. The number of aryl methyl sites for hydroxylation is 1. The van der Waals surface area contributed by atoms with Crippen LogP contribution in [0.3, 0.4) is 0 Å². The number of hydrogen-bond donors (Lipinski definition) is 1. The summed E-state index contributed by atoms with van der Waals surface area (Å²) in [5, 5.41) is 0. The lowest BCUT2D eigenvalue weighted by Crippen LogP contribution is -2.17. The highest BCUT2D eigenvalue weighted by atomic mass is 79.9. The Morgan fingerprint density at radius 2 is 1.90 bits per heavy atom. The molecular formula is C17H20BrNO. The molecule has 0 bridgehead atoms. The molecule has 106 valence electrons. The molecule has 0 aromatic heterocycles. The Morgan fingerprint density at radius 1 is 1.15 bits per heavy atom. The number of ether oxygens (including phenoxy) is 1. The molecule has 1 unspecified atom stereocenters. The largest absolute Gasteiger partial charge is 0.457 e. The highest BCUT2D eigenvalue weighted by Crippen LogP contribution is 2.28. The first-order chi connectivity index (χ1) is 9.58. The highest BCUT2D eigenvalue weighted by Gasteiger charge is 2.06. The molecule has 20 heavy (non-hydrogen) atoms. The molecule has 0 saturated heterocycles. The Morgan fingerprint density at radius 3 is 2.55 bits per heavy atom. The molecule has 2 N–H and O–H groups in total. The molecule has 1 atom stereocenters. The van der Waals surface area contributed by atoms with E-state index in [9.17, 15) is 0 Å². The van der Waals surface area contributed by atoms with Crippen LogP contribution in [0.15, 0.2) is 46.9 Å². The normalized spacial score (nSPS) is 12.2. The third kappa shape index (κ3) is 4.09.